The first kappa shape index (κ1) is 15.7. The van der Waals surface area contributed by atoms with Crippen LogP contribution in [-0.4, -0.2) is 33.1 Å². The van der Waals surface area contributed by atoms with E-state index in [4.69, 9.17) is 5.11 Å². The molecule has 0 amide bonds. The van der Waals surface area contributed by atoms with Crippen LogP contribution < -0.4 is 0 Å². The topological polar surface area (TPSA) is 60.7 Å². The molecule has 1 saturated carbocycles. The summed E-state index contributed by atoms with van der Waals surface area (Å²) in [6, 6.07) is 0. The van der Waals surface area contributed by atoms with E-state index in [1.165, 1.54) is 0 Å². The van der Waals surface area contributed by atoms with E-state index in [2.05, 4.69) is 0 Å². The normalized spacial score (nSPS) is 36.7. The average Bonchev–Trinajstić information content (AvgIpc) is 2.54. The second-order valence-electron chi connectivity index (χ2n) is 6.40. The van der Waals surface area contributed by atoms with Gasteiger partial charge in [-0.3, -0.25) is 0 Å². The van der Waals surface area contributed by atoms with Crippen LogP contribution in [0.1, 0.15) is 53.4 Å². The van der Waals surface area contributed by atoms with Gasteiger partial charge in [0.05, 0.1) is 17.8 Å². The summed E-state index contributed by atoms with van der Waals surface area (Å²) in [7, 11) is 0. The van der Waals surface area contributed by atoms with Crippen LogP contribution in [0.15, 0.2) is 11.6 Å². The molecule has 0 saturated heterocycles. The van der Waals surface area contributed by atoms with E-state index in [1.54, 1.807) is 0 Å². The molecule has 0 aromatic rings. The standard InChI is InChI=1S/C15H28O3/c1-11(10-16)6-5-8-15(4,18)13-7-9-14(3,17)12(13)2/h6,12-13,16-18H,5,7-10H2,1-4H3/b11-6+/t12-,13+,14-,15+/m0/s1. The summed E-state index contributed by atoms with van der Waals surface area (Å²) >= 11 is 0. The molecule has 0 radical (unpaired) electrons. The quantitative estimate of drug-likeness (QED) is 0.661. The summed E-state index contributed by atoms with van der Waals surface area (Å²) in [6.07, 6.45) is 5.07. The maximum Gasteiger partial charge on any atom is 0.0654 e. The molecule has 0 bridgehead atoms. The predicted octanol–water partition coefficient (Wildman–Crippen LogP) is 2.25. The van der Waals surface area contributed by atoms with E-state index in [9.17, 15) is 10.2 Å². The highest BCUT2D eigenvalue weighted by atomic mass is 16.3. The van der Waals surface area contributed by atoms with Gasteiger partial charge in [-0.2, -0.15) is 0 Å². The fourth-order valence-corrected chi connectivity index (χ4v) is 3.07. The second kappa shape index (κ2) is 5.72. The number of allylic oxidation sites excluding steroid dienone is 1. The first-order valence-electron chi connectivity index (χ1n) is 6.92. The van der Waals surface area contributed by atoms with Gasteiger partial charge in [0, 0.05) is 0 Å². The van der Waals surface area contributed by atoms with Gasteiger partial charge < -0.3 is 15.3 Å². The highest BCUT2D eigenvalue weighted by Gasteiger charge is 2.47. The SMILES string of the molecule is C/C(=C\CC[C@@](C)(O)[C@@H]1CC[C@](C)(O)[C@H]1C)CO. The number of aliphatic hydroxyl groups excluding tert-OH is 1. The van der Waals surface area contributed by atoms with Crippen molar-refractivity contribution < 1.29 is 15.3 Å². The van der Waals surface area contributed by atoms with Crippen molar-refractivity contribution in [3.63, 3.8) is 0 Å². The van der Waals surface area contributed by atoms with Crippen molar-refractivity contribution in [3.8, 4) is 0 Å². The van der Waals surface area contributed by atoms with Gasteiger partial charge in [-0.1, -0.05) is 18.6 Å². The van der Waals surface area contributed by atoms with Gasteiger partial charge in [-0.05, 0) is 58.3 Å². The minimum absolute atomic E-state index is 0.0800. The van der Waals surface area contributed by atoms with Crippen LogP contribution in [0.25, 0.3) is 0 Å². The van der Waals surface area contributed by atoms with E-state index < -0.39 is 11.2 Å². The Morgan fingerprint density at radius 3 is 2.56 bits per heavy atom. The van der Waals surface area contributed by atoms with E-state index in [-0.39, 0.29) is 18.4 Å². The van der Waals surface area contributed by atoms with Gasteiger partial charge in [-0.15, -0.1) is 0 Å². The fraction of sp³-hybridized carbons (Fsp3) is 0.867. The van der Waals surface area contributed by atoms with Crippen molar-refractivity contribution in [3.05, 3.63) is 11.6 Å². The Bertz CT molecular complexity index is 305. The average molecular weight is 256 g/mol. The molecule has 0 heterocycles. The third-order valence-corrected chi connectivity index (χ3v) is 4.74. The molecule has 0 spiro atoms. The molecule has 3 nitrogen and oxygen atoms in total. The minimum Gasteiger partial charge on any atom is -0.392 e. The Morgan fingerprint density at radius 2 is 2.11 bits per heavy atom. The summed E-state index contributed by atoms with van der Waals surface area (Å²) in [5.41, 5.74) is -0.449. The molecule has 18 heavy (non-hydrogen) atoms. The van der Waals surface area contributed by atoms with Crippen molar-refractivity contribution in [2.45, 2.75) is 64.6 Å². The van der Waals surface area contributed by atoms with Gasteiger partial charge >= 0.3 is 0 Å². The molecule has 3 N–H and O–H groups in total. The first-order chi connectivity index (χ1) is 8.20. The van der Waals surface area contributed by atoms with Gasteiger partial charge in [0.2, 0.25) is 0 Å². The van der Waals surface area contributed by atoms with E-state index in [0.717, 1.165) is 24.8 Å². The van der Waals surface area contributed by atoms with E-state index in [0.29, 0.717) is 6.42 Å². The lowest BCUT2D eigenvalue weighted by atomic mass is 9.76. The Hall–Kier alpha value is -0.380. The maximum absolute atomic E-state index is 10.6. The molecule has 106 valence electrons. The summed E-state index contributed by atoms with van der Waals surface area (Å²) in [4.78, 5) is 0. The lowest BCUT2D eigenvalue weighted by molar-refractivity contribution is -0.0541. The molecule has 1 fully saturated rings. The van der Waals surface area contributed by atoms with Crippen molar-refractivity contribution >= 4 is 0 Å². The smallest absolute Gasteiger partial charge is 0.0654 e. The van der Waals surface area contributed by atoms with Crippen LogP contribution in [-0.2, 0) is 0 Å². The summed E-state index contributed by atoms with van der Waals surface area (Å²) in [5.74, 6) is 0.269. The lowest BCUT2D eigenvalue weighted by Crippen LogP contribution is -2.40. The third kappa shape index (κ3) is 3.56. The van der Waals surface area contributed by atoms with Crippen LogP contribution >= 0.6 is 0 Å². The second-order valence-corrected chi connectivity index (χ2v) is 6.40. The largest absolute Gasteiger partial charge is 0.392 e. The Balaban J connectivity index is 2.59. The van der Waals surface area contributed by atoms with Crippen LogP contribution in [0.4, 0.5) is 0 Å². The highest BCUT2D eigenvalue weighted by molar-refractivity contribution is 5.02. The molecular weight excluding hydrogens is 228 g/mol. The fourth-order valence-electron chi connectivity index (χ4n) is 3.07. The Labute approximate surface area is 111 Å². The summed E-state index contributed by atoms with van der Waals surface area (Å²) in [6.45, 7) is 7.73. The number of hydrogen-bond acceptors (Lipinski definition) is 3. The summed E-state index contributed by atoms with van der Waals surface area (Å²) < 4.78 is 0. The van der Waals surface area contributed by atoms with Crippen LogP contribution in [0.5, 0.6) is 0 Å². The number of hydrogen-bond donors (Lipinski definition) is 3. The molecule has 0 aromatic heterocycles. The third-order valence-electron chi connectivity index (χ3n) is 4.74. The highest BCUT2D eigenvalue weighted by Crippen LogP contribution is 2.46. The van der Waals surface area contributed by atoms with Crippen molar-refractivity contribution in [2.75, 3.05) is 6.61 Å². The van der Waals surface area contributed by atoms with Crippen molar-refractivity contribution in [2.24, 2.45) is 11.8 Å². The zero-order valence-corrected chi connectivity index (χ0v) is 12.1. The molecule has 0 unspecified atom stereocenters. The Morgan fingerprint density at radius 1 is 1.50 bits per heavy atom. The molecule has 4 atom stereocenters. The molecule has 1 aliphatic carbocycles. The van der Waals surface area contributed by atoms with E-state index in [1.807, 2.05) is 33.8 Å². The summed E-state index contributed by atoms with van der Waals surface area (Å²) in [5, 5.41) is 29.7. The van der Waals surface area contributed by atoms with Crippen molar-refractivity contribution in [1.82, 2.24) is 0 Å². The van der Waals surface area contributed by atoms with E-state index >= 15 is 0 Å². The van der Waals surface area contributed by atoms with Gasteiger partial charge in [-0.25, -0.2) is 0 Å². The van der Waals surface area contributed by atoms with Crippen LogP contribution in [0, 0.1) is 11.8 Å². The van der Waals surface area contributed by atoms with Crippen LogP contribution in [0.3, 0.4) is 0 Å². The Kier molecular flexibility index (Phi) is 4.98. The zero-order chi connectivity index (χ0) is 14.0. The van der Waals surface area contributed by atoms with Gasteiger partial charge in [0.1, 0.15) is 0 Å². The lowest BCUT2D eigenvalue weighted by Gasteiger charge is -2.35. The minimum atomic E-state index is -0.744. The van der Waals surface area contributed by atoms with Crippen LogP contribution in [0.2, 0.25) is 0 Å². The molecule has 1 aliphatic rings. The number of aliphatic hydroxyl groups is 3. The zero-order valence-electron chi connectivity index (χ0n) is 12.1. The first-order valence-corrected chi connectivity index (χ1v) is 6.92. The van der Waals surface area contributed by atoms with Gasteiger partial charge in [0.15, 0.2) is 0 Å². The predicted molar refractivity (Wildman–Crippen MR) is 73.2 cm³/mol. The van der Waals surface area contributed by atoms with Crippen molar-refractivity contribution in [1.29, 1.82) is 0 Å². The molecule has 1 rings (SSSR count). The molecular formula is C15H28O3. The molecule has 3 heteroatoms. The number of rotatable bonds is 5. The molecule has 0 aromatic carbocycles. The monoisotopic (exact) mass is 256 g/mol. The molecule has 0 aliphatic heterocycles. The maximum atomic E-state index is 10.6. The van der Waals surface area contributed by atoms with Gasteiger partial charge in [0.25, 0.3) is 0 Å².